The molecule has 0 amide bonds. The van der Waals surface area contributed by atoms with Gasteiger partial charge in [0.15, 0.2) is 0 Å². The second kappa shape index (κ2) is 2.85. The van der Waals surface area contributed by atoms with E-state index >= 15 is 0 Å². The number of benzene rings is 1. The Balaban J connectivity index is 2.22. The van der Waals surface area contributed by atoms with Crippen molar-refractivity contribution >= 4 is 0 Å². The first kappa shape index (κ1) is 8.76. The van der Waals surface area contributed by atoms with Gasteiger partial charge in [-0.25, -0.2) is 0 Å². The Morgan fingerprint density at radius 1 is 1.15 bits per heavy atom. The van der Waals surface area contributed by atoms with Crippen molar-refractivity contribution in [2.24, 2.45) is 5.41 Å². The third-order valence-corrected chi connectivity index (χ3v) is 3.14. The average molecular weight is 176 g/mol. The molecule has 1 fully saturated rings. The van der Waals surface area contributed by atoms with E-state index in [4.69, 9.17) is 4.74 Å². The van der Waals surface area contributed by atoms with Gasteiger partial charge in [0.2, 0.25) is 0 Å². The van der Waals surface area contributed by atoms with Gasteiger partial charge < -0.3 is 4.74 Å². The molecule has 1 aromatic carbocycles. The lowest BCUT2D eigenvalue weighted by Crippen LogP contribution is -1.96. The molecule has 1 aliphatic carbocycles. The van der Waals surface area contributed by atoms with E-state index in [-0.39, 0.29) is 0 Å². The van der Waals surface area contributed by atoms with Crippen LogP contribution >= 0.6 is 0 Å². The molecule has 0 spiro atoms. The van der Waals surface area contributed by atoms with Crippen molar-refractivity contribution in [2.45, 2.75) is 25.9 Å². The van der Waals surface area contributed by atoms with Gasteiger partial charge in [-0.1, -0.05) is 44.2 Å². The van der Waals surface area contributed by atoms with Gasteiger partial charge >= 0.3 is 0 Å². The van der Waals surface area contributed by atoms with E-state index in [1.54, 1.807) is 7.11 Å². The Morgan fingerprint density at radius 3 is 2.23 bits per heavy atom. The maximum atomic E-state index is 5.44. The van der Waals surface area contributed by atoms with Crippen LogP contribution < -0.4 is 0 Å². The summed E-state index contributed by atoms with van der Waals surface area (Å²) < 4.78 is 5.44. The van der Waals surface area contributed by atoms with E-state index in [1.165, 1.54) is 5.56 Å². The van der Waals surface area contributed by atoms with E-state index in [1.807, 2.05) is 0 Å². The Morgan fingerprint density at radius 2 is 1.77 bits per heavy atom. The fourth-order valence-corrected chi connectivity index (χ4v) is 2.30. The normalized spacial score (nSPS) is 30.1. The van der Waals surface area contributed by atoms with Crippen molar-refractivity contribution in [2.75, 3.05) is 7.11 Å². The Bertz CT molecular complexity index is 289. The summed E-state index contributed by atoms with van der Waals surface area (Å²) in [6, 6.07) is 10.6. The lowest BCUT2D eigenvalue weighted by atomic mass is 10.0. The second-order valence-corrected chi connectivity index (χ2v) is 4.37. The standard InChI is InChI=1S/C12H16O/c1-12(2)10(11(12)13-3)9-7-5-4-6-8-9/h4-8,10-11H,1-3H3. The van der Waals surface area contributed by atoms with Gasteiger partial charge in [-0.2, -0.15) is 0 Å². The quantitative estimate of drug-likeness (QED) is 0.673. The number of methoxy groups -OCH3 is 1. The van der Waals surface area contributed by atoms with Crippen LogP contribution in [-0.2, 0) is 4.74 Å². The summed E-state index contributed by atoms with van der Waals surface area (Å²) in [4.78, 5) is 0. The molecule has 70 valence electrons. The SMILES string of the molecule is COC1C(c2ccccc2)C1(C)C. The Labute approximate surface area is 79.7 Å². The topological polar surface area (TPSA) is 9.23 Å². The van der Waals surface area contributed by atoms with Gasteiger partial charge in [-0.3, -0.25) is 0 Å². The lowest BCUT2D eigenvalue weighted by Gasteiger charge is -2.00. The summed E-state index contributed by atoms with van der Waals surface area (Å²) in [5.74, 6) is 0.582. The highest BCUT2D eigenvalue weighted by Gasteiger charge is 2.58. The number of ether oxygens (including phenoxy) is 1. The highest BCUT2D eigenvalue weighted by atomic mass is 16.5. The minimum Gasteiger partial charge on any atom is -0.380 e. The van der Waals surface area contributed by atoms with Crippen LogP contribution in [-0.4, -0.2) is 13.2 Å². The van der Waals surface area contributed by atoms with Crippen LogP contribution in [0.15, 0.2) is 30.3 Å². The van der Waals surface area contributed by atoms with Gasteiger partial charge in [0.1, 0.15) is 0 Å². The molecular formula is C12H16O. The van der Waals surface area contributed by atoms with Gasteiger partial charge in [-0.05, 0) is 5.56 Å². The smallest absolute Gasteiger partial charge is 0.0703 e. The fraction of sp³-hybridized carbons (Fsp3) is 0.500. The van der Waals surface area contributed by atoms with Crippen molar-refractivity contribution in [1.82, 2.24) is 0 Å². The zero-order valence-electron chi connectivity index (χ0n) is 8.45. The molecule has 13 heavy (non-hydrogen) atoms. The summed E-state index contributed by atoms with van der Waals surface area (Å²) in [6.45, 7) is 4.53. The maximum Gasteiger partial charge on any atom is 0.0703 e. The molecule has 0 saturated heterocycles. The zero-order chi connectivity index (χ0) is 9.47. The third kappa shape index (κ3) is 1.28. The zero-order valence-corrected chi connectivity index (χ0v) is 8.45. The van der Waals surface area contributed by atoms with E-state index in [0.29, 0.717) is 17.4 Å². The molecule has 0 N–H and O–H groups in total. The summed E-state index contributed by atoms with van der Waals surface area (Å²) in [5, 5.41) is 0. The van der Waals surface area contributed by atoms with Gasteiger partial charge in [-0.15, -0.1) is 0 Å². The first-order chi connectivity index (χ1) is 6.18. The molecule has 0 aliphatic heterocycles. The molecule has 0 aromatic heterocycles. The van der Waals surface area contributed by atoms with E-state index in [2.05, 4.69) is 44.2 Å². The number of hydrogen-bond acceptors (Lipinski definition) is 1. The first-order valence-electron chi connectivity index (χ1n) is 4.75. The summed E-state index contributed by atoms with van der Waals surface area (Å²) in [6.07, 6.45) is 0.398. The maximum absolute atomic E-state index is 5.44. The molecule has 0 heterocycles. The van der Waals surface area contributed by atoms with Crippen LogP contribution in [0, 0.1) is 5.41 Å². The largest absolute Gasteiger partial charge is 0.380 e. The molecule has 2 unspecified atom stereocenters. The Hall–Kier alpha value is -0.820. The van der Waals surface area contributed by atoms with Gasteiger partial charge in [0.05, 0.1) is 6.10 Å². The molecule has 0 bridgehead atoms. The van der Waals surface area contributed by atoms with Crippen LogP contribution in [0.1, 0.15) is 25.3 Å². The molecule has 1 nitrogen and oxygen atoms in total. The van der Waals surface area contributed by atoms with Crippen LogP contribution in [0.4, 0.5) is 0 Å². The second-order valence-electron chi connectivity index (χ2n) is 4.37. The summed E-state index contributed by atoms with van der Waals surface area (Å²) in [5.41, 5.74) is 1.72. The highest BCUT2D eigenvalue weighted by Crippen LogP contribution is 2.60. The fourth-order valence-electron chi connectivity index (χ4n) is 2.30. The molecule has 2 atom stereocenters. The van der Waals surface area contributed by atoms with Crippen molar-refractivity contribution < 1.29 is 4.74 Å². The summed E-state index contributed by atoms with van der Waals surface area (Å²) in [7, 11) is 1.80. The minimum absolute atomic E-state index is 0.316. The van der Waals surface area contributed by atoms with Gasteiger partial charge in [0, 0.05) is 18.4 Å². The van der Waals surface area contributed by atoms with Crippen LogP contribution in [0.5, 0.6) is 0 Å². The molecular weight excluding hydrogens is 160 g/mol. The molecule has 1 heteroatoms. The van der Waals surface area contributed by atoms with Gasteiger partial charge in [0.25, 0.3) is 0 Å². The molecule has 1 saturated carbocycles. The molecule has 1 aliphatic rings. The van der Waals surface area contributed by atoms with E-state index in [0.717, 1.165) is 0 Å². The van der Waals surface area contributed by atoms with Crippen molar-refractivity contribution in [1.29, 1.82) is 0 Å². The number of hydrogen-bond donors (Lipinski definition) is 0. The van der Waals surface area contributed by atoms with Crippen molar-refractivity contribution in [3.05, 3.63) is 35.9 Å². The third-order valence-electron chi connectivity index (χ3n) is 3.14. The molecule has 1 aromatic rings. The van der Waals surface area contributed by atoms with E-state index in [9.17, 15) is 0 Å². The predicted octanol–water partition coefficient (Wildman–Crippen LogP) is 2.83. The predicted molar refractivity (Wildman–Crippen MR) is 53.8 cm³/mol. The van der Waals surface area contributed by atoms with Crippen LogP contribution in [0.25, 0.3) is 0 Å². The lowest BCUT2D eigenvalue weighted by molar-refractivity contribution is 0.151. The first-order valence-corrected chi connectivity index (χ1v) is 4.75. The number of rotatable bonds is 2. The Kier molecular flexibility index (Phi) is 1.92. The monoisotopic (exact) mass is 176 g/mol. The van der Waals surface area contributed by atoms with Crippen LogP contribution in [0.3, 0.4) is 0 Å². The minimum atomic E-state index is 0.316. The van der Waals surface area contributed by atoms with Crippen LogP contribution in [0.2, 0.25) is 0 Å². The average Bonchev–Trinajstić information content (AvgIpc) is 2.69. The molecule has 0 radical (unpaired) electrons. The highest BCUT2D eigenvalue weighted by molar-refractivity contribution is 5.32. The van der Waals surface area contributed by atoms with Crippen molar-refractivity contribution in [3.8, 4) is 0 Å². The summed E-state index contributed by atoms with van der Waals surface area (Å²) >= 11 is 0. The van der Waals surface area contributed by atoms with E-state index < -0.39 is 0 Å². The van der Waals surface area contributed by atoms with Crippen molar-refractivity contribution in [3.63, 3.8) is 0 Å². The molecule has 2 rings (SSSR count).